The molecule has 0 bridgehead atoms. The molecule has 114 valence electrons. The van der Waals surface area contributed by atoms with Gasteiger partial charge in [0.05, 0.1) is 0 Å². The number of piperidine rings is 1. The van der Waals surface area contributed by atoms with Crippen LogP contribution in [0, 0.1) is 11.8 Å². The van der Waals surface area contributed by atoms with E-state index in [4.69, 9.17) is 4.74 Å². The maximum Gasteiger partial charge on any atom is 0.411 e. The molecule has 2 rings (SSSR count). The Morgan fingerprint density at radius 1 is 1.25 bits per heavy atom. The Hall–Kier alpha value is -1.26. The minimum absolute atomic E-state index is 0.0706. The molecule has 1 amide bonds. The van der Waals surface area contributed by atoms with Crippen LogP contribution in [-0.4, -0.2) is 40.3 Å². The monoisotopic (exact) mass is 283 g/mol. The summed E-state index contributed by atoms with van der Waals surface area (Å²) < 4.78 is 5.35. The van der Waals surface area contributed by atoms with Gasteiger partial charge in [-0.15, -0.1) is 0 Å². The molecule has 1 aliphatic heterocycles. The maximum absolute atomic E-state index is 12.2. The molecule has 1 aliphatic carbocycles. The summed E-state index contributed by atoms with van der Waals surface area (Å²) in [6.45, 7) is 5.87. The first kappa shape index (κ1) is 15.1. The minimum Gasteiger partial charge on any atom is -0.480 e. The van der Waals surface area contributed by atoms with Crippen LogP contribution < -0.4 is 0 Å². The van der Waals surface area contributed by atoms with Gasteiger partial charge >= 0.3 is 12.1 Å². The van der Waals surface area contributed by atoms with Crippen LogP contribution in [-0.2, 0) is 9.53 Å². The van der Waals surface area contributed by atoms with E-state index < -0.39 is 23.7 Å². The third-order valence-corrected chi connectivity index (χ3v) is 3.97. The Bertz CT molecular complexity index is 384. The van der Waals surface area contributed by atoms with Crippen molar-refractivity contribution in [3.63, 3.8) is 0 Å². The first-order valence-electron chi connectivity index (χ1n) is 7.50. The molecule has 2 fully saturated rings. The highest BCUT2D eigenvalue weighted by molar-refractivity contribution is 5.80. The van der Waals surface area contributed by atoms with Crippen LogP contribution >= 0.6 is 0 Å². The van der Waals surface area contributed by atoms with Gasteiger partial charge in [-0.2, -0.15) is 0 Å². The van der Waals surface area contributed by atoms with Gasteiger partial charge in [0.1, 0.15) is 11.6 Å². The summed E-state index contributed by atoms with van der Waals surface area (Å²) in [6, 6.07) is -0.723. The highest BCUT2D eigenvalue weighted by Gasteiger charge is 2.42. The van der Waals surface area contributed by atoms with E-state index in [-0.39, 0.29) is 5.92 Å². The standard InChI is InChI=1S/C15H25NO4/c1-15(2,3)20-14(19)16-8-4-5-11(9-10-6-7-10)12(16)13(17)18/h10-12H,4-9H2,1-3H3,(H,17,18)/t11-,12-/m0/s1. The number of hydrogen-bond donors (Lipinski definition) is 1. The second kappa shape index (κ2) is 5.62. The van der Waals surface area contributed by atoms with Crippen molar-refractivity contribution in [2.24, 2.45) is 11.8 Å². The zero-order valence-corrected chi connectivity index (χ0v) is 12.6. The van der Waals surface area contributed by atoms with Gasteiger partial charge in [0.25, 0.3) is 0 Å². The van der Waals surface area contributed by atoms with E-state index in [1.807, 2.05) is 0 Å². The molecule has 1 heterocycles. The largest absolute Gasteiger partial charge is 0.480 e. The van der Waals surface area contributed by atoms with Crippen LogP contribution in [0.5, 0.6) is 0 Å². The number of carbonyl (C=O) groups is 2. The normalized spacial score (nSPS) is 27.2. The molecule has 2 atom stereocenters. The van der Waals surface area contributed by atoms with E-state index >= 15 is 0 Å². The molecular weight excluding hydrogens is 258 g/mol. The lowest BCUT2D eigenvalue weighted by atomic mass is 9.85. The number of amides is 1. The minimum atomic E-state index is -0.902. The molecule has 1 N–H and O–H groups in total. The number of aliphatic carboxylic acids is 1. The van der Waals surface area contributed by atoms with Crippen LogP contribution in [0.25, 0.3) is 0 Å². The molecule has 5 heteroatoms. The first-order valence-corrected chi connectivity index (χ1v) is 7.50. The van der Waals surface area contributed by atoms with E-state index in [2.05, 4.69) is 0 Å². The smallest absolute Gasteiger partial charge is 0.411 e. The molecule has 0 aromatic carbocycles. The quantitative estimate of drug-likeness (QED) is 0.864. The van der Waals surface area contributed by atoms with Crippen molar-refractivity contribution in [2.75, 3.05) is 6.54 Å². The highest BCUT2D eigenvalue weighted by atomic mass is 16.6. The number of rotatable bonds is 3. The number of carboxylic acids is 1. The zero-order chi connectivity index (χ0) is 14.9. The molecule has 0 spiro atoms. The molecule has 0 radical (unpaired) electrons. The van der Waals surface area contributed by atoms with Crippen LogP contribution in [0.3, 0.4) is 0 Å². The third kappa shape index (κ3) is 3.87. The summed E-state index contributed by atoms with van der Waals surface area (Å²) in [4.78, 5) is 25.2. The van der Waals surface area contributed by atoms with Gasteiger partial charge in [-0.05, 0) is 51.9 Å². The Labute approximate surface area is 120 Å². The van der Waals surface area contributed by atoms with Crippen molar-refractivity contribution in [3.05, 3.63) is 0 Å². The van der Waals surface area contributed by atoms with Crippen LogP contribution in [0.1, 0.15) is 52.9 Å². The summed E-state index contributed by atoms with van der Waals surface area (Å²) in [7, 11) is 0. The van der Waals surface area contributed by atoms with Crippen LogP contribution in [0.4, 0.5) is 4.79 Å². The van der Waals surface area contributed by atoms with Crippen molar-refractivity contribution in [1.29, 1.82) is 0 Å². The van der Waals surface area contributed by atoms with Crippen molar-refractivity contribution in [1.82, 2.24) is 4.90 Å². The number of nitrogens with zero attached hydrogens (tertiary/aromatic N) is 1. The number of hydrogen-bond acceptors (Lipinski definition) is 3. The lowest BCUT2D eigenvalue weighted by Crippen LogP contribution is -2.53. The molecule has 0 aromatic rings. The first-order chi connectivity index (χ1) is 9.28. The second-order valence-corrected chi connectivity index (χ2v) is 7.04. The van der Waals surface area contributed by atoms with Crippen molar-refractivity contribution < 1.29 is 19.4 Å². The number of ether oxygens (including phenoxy) is 1. The van der Waals surface area contributed by atoms with Crippen LogP contribution in [0.2, 0.25) is 0 Å². The second-order valence-electron chi connectivity index (χ2n) is 7.04. The Kier molecular flexibility index (Phi) is 4.25. The Morgan fingerprint density at radius 3 is 2.40 bits per heavy atom. The lowest BCUT2D eigenvalue weighted by molar-refractivity contribution is -0.147. The van der Waals surface area contributed by atoms with Gasteiger partial charge in [0, 0.05) is 6.54 Å². The Balaban J connectivity index is 2.08. The highest BCUT2D eigenvalue weighted by Crippen LogP contribution is 2.40. The van der Waals surface area contributed by atoms with Gasteiger partial charge in [-0.1, -0.05) is 12.8 Å². The summed E-state index contributed by atoms with van der Waals surface area (Å²) in [5, 5.41) is 9.51. The van der Waals surface area contributed by atoms with E-state index in [1.54, 1.807) is 20.8 Å². The fourth-order valence-electron chi connectivity index (χ4n) is 2.96. The molecule has 1 saturated heterocycles. The predicted octanol–water partition coefficient (Wildman–Crippen LogP) is 2.89. The van der Waals surface area contributed by atoms with Gasteiger partial charge in [0.2, 0.25) is 0 Å². The van der Waals surface area contributed by atoms with Crippen LogP contribution in [0.15, 0.2) is 0 Å². The van der Waals surface area contributed by atoms with Crippen molar-refractivity contribution in [3.8, 4) is 0 Å². The SMILES string of the molecule is CC(C)(C)OC(=O)N1CCC[C@@H](CC2CC2)[C@H]1C(=O)O. The molecule has 2 aliphatic rings. The van der Waals surface area contributed by atoms with E-state index in [9.17, 15) is 14.7 Å². The van der Waals surface area contributed by atoms with E-state index in [1.165, 1.54) is 17.7 Å². The summed E-state index contributed by atoms with van der Waals surface area (Å²) in [5.74, 6) is -0.164. The zero-order valence-electron chi connectivity index (χ0n) is 12.6. The summed E-state index contributed by atoms with van der Waals surface area (Å²) >= 11 is 0. The van der Waals surface area contributed by atoms with Crippen molar-refractivity contribution >= 4 is 12.1 Å². The fourth-order valence-corrected chi connectivity index (χ4v) is 2.96. The molecule has 5 nitrogen and oxygen atoms in total. The van der Waals surface area contributed by atoms with Gasteiger partial charge in [0.15, 0.2) is 0 Å². The van der Waals surface area contributed by atoms with E-state index in [0.29, 0.717) is 12.5 Å². The van der Waals surface area contributed by atoms with Crippen molar-refractivity contribution in [2.45, 2.75) is 64.5 Å². The fraction of sp³-hybridized carbons (Fsp3) is 0.867. The van der Waals surface area contributed by atoms with Gasteiger partial charge in [-0.25, -0.2) is 9.59 Å². The third-order valence-electron chi connectivity index (χ3n) is 3.97. The van der Waals surface area contributed by atoms with Gasteiger partial charge < -0.3 is 9.84 Å². The van der Waals surface area contributed by atoms with Gasteiger partial charge in [-0.3, -0.25) is 4.90 Å². The average molecular weight is 283 g/mol. The molecule has 0 unspecified atom stereocenters. The average Bonchev–Trinajstić information content (AvgIpc) is 3.10. The topological polar surface area (TPSA) is 66.8 Å². The molecule has 0 aromatic heterocycles. The molecule has 20 heavy (non-hydrogen) atoms. The molecule has 1 saturated carbocycles. The lowest BCUT2D eigenvalue weighted by Gasteiger charge is -2.39. The number of carbonyl (C=O) groups excluding carboxylic acids is 1. The maximum atomic E-state index is 12.2. The number of likely N-dealkylation sites (tertiary alicyclic amines) is 1. The summed E-state index contributed by atoms with van der Waals surface area (Å²) in [6.07, 6.45) is 4.60. The summed E-state index contributed by atoms with van der Waals surface area (Å²) in [5.41, 5.74) is -0.594. The molecular formula is C15H25NO4. The predicted molar refractivity (Wildman–Crippen MR) is 74.4 cm³/mol. The Morgan fingerprint density at radius 2 is 1.90 bits per heavy atom. The van der Waals surface area contributed by atoms with E-state index in [0.717, 1.165) is 19.3 Å². The number of carboxylic acid groups (broad SMARTS) is 1.